The van der Waals surface area contributed by atoms with Crippen LogP contribution in [0.2, 0.25) is 0 Å². The molecular formula is C13H17N5O2. The third-order valence-electron chi connectivity index (χ3n) is 4.32. The molecule has 3 N–H and O–H groups in total. The average Bonchev–Trinajstić information content (AvgIpc) is 3.04. The molecule has 3 atom stereocenters. The lowest BCUT2D eigenvalue weighted by atomic mass is 9.92. The minimum atomic E-state index is -0.724. The molecule has 2 aromatic heterocycles. The number of nitrogens with two attached hydrogens (primary N) is 1. The van der Waals surface area contributed by atoms with E-state index in [1.165, 1.54) is 6.33 Å². The van der Waals surface area contributed by atoms with Crippen LogP contribution in [0.25, 0.3) is 11.2 Å². The second-order valence-electron chi connectivity index (χ2n) is 5.44. The Labute approximate surface area is 115 Å². The summed E-state index contributed by atoms with van der Waals surface area (Å²) in [4.78, 5) is 23.5. The van der Waals surface area contributed by atoms with Crippen LogP contribution in [-0.4, -0.2) is 30.6 Å². The highest BCUT2D eigenvalue weighted by atomic mass is 16.4. The number of hydrogen-bond donors (Lipinski definition) is 2. The number of carboxylic acid groups (broad SMARTS) is 1. The van der Waals surface area contributed by atoms with Gasteiger partial charge >= 0.3 is 5.97 Å². The summed E-state index contributed by atoms with van der Waals surface area (Å²) in [6, 6.07) is 0.237. The zero-order valence-corrected chi connectivity index (χ0v) is 11.2. The average molecular weight is 275 g/mol. The van der Waals surface area contributed by atoms with Gasteiger partial charge in [0.05, 0.1) is 12.2 Å². The Morgan fingerprint density at radius 2 is 2.25 bits per heavy atom. The van der Waals surface area contributed by atoms with E-state index in [0.29, 0.717) is 11.3 Å². The van der Waals surface area contributed by atoms with E-state index in [9.17, 15) is 4.79 Å². The largest absolute Gasteiger partial charge is 0.481 e. The van der Waals surface area contributed by atoms with Crippen LogP contribution in [0.3, 0.4) is 0 Å². The predicted molar refractivity (Wildman–Crippen MR) is 72.9 cm³/mol. The third kappa shape index (κ3) is 1.99. The quantitative estimate of drug-likeness (QED) is 0.878. The Kier molecular flexibility index (Phi) is 3.04. The van der Waals surface area contributed by atoms with Crippen molar-refractivity contribution in [3.8, 4) is 0 Å². The lowest BCUT2D eigenvalue weighted by molar-refractivity contribution is -0.142. The lowest BCUT2D eigenvalue weighted by Gasteiger charge is -2.16. The second-order valence-corrected chi connectivity index (χ2v) is 5.44. The number of carbonyl (C=O) groups is 1. The normalized spacial score (nSPS) is 24.1. The fraction of sp³-hybridized carbons (Fsp3) is 0.538. The van der Waals surface area contributed by atoms with Gasteiger partial charge in [0.1, 0.15) is 11.8 Å². The van der Waals surface area contributed by atoms with Crippen molar-refractivity contribution in [1.82, 2.24) is 19.5 Å². The van der Waals surface area contributed by atoms with E-state index in [1.54, 1.807) is 13.3 Å². The fourth-order valence-electron chi connectivity index (χ4n) is 3.04. The number of nitrogen functional groups attached to an aromatic ring is 1. The summed E-state index contributed by atoms with van der Waals surface area (Å²) in [5, 5.41) is 9.11. The van der Waals surface area contributed by atoms with Gasteiger partial charge in [-0.3, -0.25) is 4.79 Å². The molecule has 1 aliphatic rings. The van der Waals surface area contributed by atoms with Crippen LogP contribution in [0.5, 0.6) is 0 Å². The molecule has 1 aliphatic carbocycles. The summed E-state index contributed by atoms with van der Waals surface area (Å²) in [5.41, 5.74) is 7.12. The number of fused-ring (bicyclic) bond motifs is 1. The molecule has 106 valence electrons. The van der Waals surface area contributed by atoms with Crippen molar-refractivity contribution < 1.29 is 9.90 Å². The summed E-state index contributed by atoms with van der Waals surface area (Å²) in [5.74, 6) is -0.455. The number of rotatable bonds is 3. The third-order valence-corrected chi connectivity index (χ3v) is 4.32. The Bertz CT molecular complexity index is 653. The van der Waals surface area contributed by atoms with Crippen LogP contribution in [0.4, 0.5) is 5.82 Å². The lowest BCUT2D eigenvalue weighted by Crippen LogP contribution is -2.18. The highest BCUT2D eigenvalue weighted by Gasteiger charge is 2.33. The van der Waals surface area contributed by atoms with E-state index < -0.39 is 5.97 Å². The van der Waals surface area contributed by atoms with E-state index in [-0.39, 0.29) is 17.9 Å². The first kappa shape index (κ1) is 12.8. The van der Waals surface area contributed by atoms with Crippen molar-refractivity contribution in [1.29, 1.82) is 0 Å². The van der Waals surface area contributed by atoms with Gasteiger partial charge in [0.2, 0.25) is 0 Å². The highest BCUT2D eigenvalue weighted by Crippen LogP contribution is 2.39. The number of nitrogens with zero attached hydrogens (tertiary/aromatic N) is 4. The molecule has 0 amide bonds. The van der Waals surface area contributed by atoms with E-state index in [4.69, 9.17) is 10.8 Å². The van der Waals surface area contributed by atoms with Gasteiger partial charge in [-0.05, 0) is 25.2 Å². The van der Waals surface area contributed by atoms with Gasteiger partial charge in [-0.25, -0.2) is 15.0 Å². The monoisotopic (exact) mass is 275 g/mol. The minimum absolute atomic E-state index is 0.203. The van der Waals surface area contributed by atoms with Crippen LogP contribution in [0, 0.1) is 11.8 Å². The molecule has 0 saturated heterocycles. The van der Waals surface area contributed by atoms with Gasteiger partial charge in [-0.15, -0.1) is 0 Å². The molecule has 0 aromatic carbocycles. The number of anilines is 1. The van der Waals surface area contributed by atoms with Crippen molar-refractivity contribution in [2.24, 2.45) is 11.8 Å². The van der Waals surface area contributed by atoms with Crippen LogP contribution >= 0.6 is 0 Å². The zero-order chi connectivity index (χ0) is 14.3. The van der Waals surface area contributed by atoms with Gasteiger partial charge in [0.25, 0.3) is 0 Å². The first-order valence-electron chi connectivity index (χ1n) is 6.73. The molecule has 0 radical (unpaired) electrons. The number of imidazole rings is 1. The Morgan fingerprint density at radius 3 is 3.00 bits per heavy atom. The van der Waals surface area contributed by atoms with E-state index in [0.717, 1.165) is 24.9 Å². The van der Waals surface area contributed by atoms with E-state index in [1.807, 2.05) is 4.57 Å². The van der Waals surface area contributed by atoms with Crippen molar-refractivity contribution >= 4 is 23.0 Å². The minimum Gasteiger partial charge on any atom is -0.481 e. The van der Waals surface area contributed by atoms with E-state index in [2.05, 4.69) is 15.0 Å². The van der Waals surface area contributed by atoms with Crippen LogP contribution < -0.4 is 5.73 Å². The van der Waals surface area contributed by atoms with Gasteiger partial charge in [-0.1, -0.05) is 6.92 Å². The molecule has 0 aliphatic heterocycles. The predicted octanol–water partition coefficient (Wildman–Crippen LogP) is 1.47. The van der Waals surface area contributed by atoms with Crippen molar-refractivity contribution in [3.05, 3.63) is 12.7 Å². The Balaban J connectivity index is 1.87. The summed E-state index contributed by atoms with van der Waals surface area (Å²) in [7, 11) is 0. The number of carboxylic acids is 1. The van der Waals surface area contributed by atoms with Crippen LogP contribution in [0.1, 0.15) is 32.2 Å². The van der Waals surface area contributed by atoms with Gasteiger partial charge in [-0.2, -0.15) is 0 Å². The maximum atomic E-state index is 11.1. The zero-order valence-electron chi connectivity index (χ0n) is 11.2. The standard InChI is InChI=1S/C13H17N5O2/c1-7(13(19)20)8-2-3-9(4-8)18-6-17-10-11(14)15-5-16-12(10)18/h5-9H,2-4H2,1H3,(H,19,20)(H2,14,15,16)/t7?,8-,9-/m1/s1. The molecule has 7 nitrogen and oxygen atoms in total. The molecule has 7 heteroatoms. The SMILES string of the molecule is CC(C(=O)O)[C@@H]1CC[C@@H](n2cnc3c(N)ncnc32)C1. The molecular weight excluding hydrogens is 258 g/mol. The van der Waals surface area contributed by atoms with Gasteiger partial charge in [0, 0.05) is 6.04 Å². The van der Waals surface area contributed by atoms with Crippen molar-refractivity contribution in [2.75, 3.05) is 5.73 Å². The maximum Gasteiger partial charge on any atom is 0.306 e. The molecule has 2 aromatic rings. The molecule has 1 fully saturated rings. The maximum absolute atomic E-state index is 11.1. The summed E-state index contributed by atoms with van der Waals surface area (Å²) >= 11 is 0. The number of aromatic nitrogens is 4. The topological polar surface area (TPSA) is 107 Å². The number of aliphatic carboxylic acids is 1. The van der Waals surface area contributed by atoms with Crippen molar-refractivity contribution in [2.45, 2.75) is 32.2 Å². The van der Waals surface area contributed by atoms with E-state index >= 15 is 0 Å². The second kappa shape index (κ2) is 4.73. The van der Waals surface area contributed by atoms with Gasteiger partial charge < -0.3 is 15.4 Å². The molecule has 1 unspecified atom stereocenters. The van der Waals surface area contributed by atoms with Crippen molar-refractivity contribution in [3.63, 3.8) is 0 Å². The number of hydrogen-bond acceptors (Lipinski definition) is 5. The van der Waals surface area contributed by atoms with Crippen LogP contribution in [0.15, 0.2) is 12.7 Å². The summed E-state index contributed by atoms with van der Waals surface area (Å²) in [6.07, 6.45) is 5.86. The summed E-state index contributed by atoms with van der Waals surface area (Å²) in [6.45, 7) is 1.78. The molecule has 1 saturated carbocycles. The fourth-order valence-corrected chi connectivity index (χ4v) is 3.04. The smallest absolute Gasteiger partial charge is 0.306 e. The Hall–Kier alpha value is -2.18. The summed E-state index contributed by atoms with van der Waals surface area (Å²) < 4.78 is 2.00. The molecule has 3 rings (SSSR count). The molecule has 2 heterocycles. The highest BCUT2D eigenvalue weighted by molar-refractivity contribution is 5.81. The molecule has 20 heavy (non-hydrogen) atoms. The van der Waals surface area contributed by atoms with Crippen LogP contribution in [-0.2, 0) is 4.79 Å². The van der Waals surface area contributed by atoms with Gasteiger partial charge in [0.15, 0.2) is 11.5 Å². The molecule has 0 spiro atoms. The Morgan fingerprint density at radius 1 is 1.45 bits per heavy atom. The first-order valence-corrected chi connectivity index (χ1v) is 6.73. The first-order chi connectivity index (χ1) is 9.58. The molecule has 0 bridgehead atoms.